The van der Waals surface area contributed by atoms with Gasteiger partial charge in [0.15, 0.2) is 0 Å². The summed E-state index contributed by atoms with van der Waals surface area (Å²) in [5.74, 6) is -0.118. The van der Waals surface area contributed by atoms with E-state index in [0.29, 0.717) is 30.8 Å². The van der Waals surface area contributed by atoms with Crippen LogP contribution in [0.15, 0.2) is 42.5 Å². The van der Waals surface area contributed by atoms with Gasteiger partial charge in [-0.2, -0.15) is 0 Å². The third-order valence-corrected chi connectivity index (χ3v) is 6.24. The number of esters is 1. The SMILES string of the molecule is CCOC(=O)c1c(C)nc2c(c1Nc1ccc(O)c(CN(CC)CC)c1)Cc1ccccc1-2. The number of carbonyl (C=O) groups is 1. The lowest BCUT2D eigenvalue weighted by Crippen LogP contribution is -2.22. The van der Waals surface area contributed by atoms with Crippen LogP contribution in [0.4, 0.5) is 11.4 Å². The molecule has 0 unspecified atom stereocenters. The fourth-order valence-corrected chi connectivity index (χ4v) is 4.45. The van der Waals surface area contributed by atoms with Gasteiger partial charge >= 0.3 is 5.97 Å². The number of aromatic nitrogens is 1. The Kier molecular flexibility index (Phi) is 6.65. The monoisotopic (exact) mass is 445 g/mol. The number of nitrogens with one attached hydrogen (secondary N) is 1. The van der Waals surface area contributed by atoms with Gasteiger partial charge in [0, 0.05) is 35.3 Å². The zero-order valence-electron chi connectivity index (χ0n) is 19.7. The van der Waals surface area contributed by atoms with Crippen molar-refractivity contribution in [3.05, 3.63) is 70.4 Å². The third kappa shape index (κ3) is 4.44. The molecule has 0 fully saturated rings. The molecule has 4 rings (SSSR count). The number of nitrogens with zero attached hydrogens (tertiary/aromatic N) is 2. The number of hydrogen-bond donors (Lipinski definition) is 2. The number of hydrogen-bond acceptors (Lipinski definition) is 6. The summed E-state index contributed by atoms with van der Waals surface area (Å²) in [6.07, 6.45) is 0.692. The van der Waals surface area contributed by atoms with Crippen molar-refractivity contribution in [2.24, 2.45) is 0 Å². The van der Waals surface area contributed by atoms with E-state index in [9.17, 15) is 9.90 Å². The molecule has 33 heavy (non-hydrogen) atoms. The third-order valence-electron chi connectivity index (χ3n) is 6.24. The Balaban J connectivity index is 1.80. The number of fused-ring (bicyclic) bond motifs is 3. The number of phenols is 1. The number of benzene rings is 2. The quantitative estimate of drug-likeness (QED) is 0.278. The number of aryl methyl sites for hydroxylation is 1. The van der Waals surface area contributed by atoms with E-state index in [1.807, 2.05) is 31.2 Å². The predicted molar refractivity (Wildman–Crippen MR) is 131 cm³/mol. The van der Waals surface area contributed by atoms with Crippen molar-refractivity contribution in [2.45, 2.75) is 40.7 Å². The van der Waals surface area contributed by atoms with Crippen molar-refractivity contribution in [1.29, 1.82) is 0 Å². The van der Waals surface area contributed by atoms with E-state index in [0.717, 1.165) is 46.8 Å². The van der Waals surface area contributed by atoms with Crippen molar-refractivity contribution in [3.8, 4) is 17.0 Å². The Labute approximate surface area is 195 Å². The molecule has 0 saturated heterocycles. The molecule has 6 heteroatoms. The number of aromatic hydroxyl groups is 1. The molecule has 3 aromatic rings. The first-order valence-electron chi connectivity index (χ1n) is 11.6. The van der Waals surface area contributed by atoms with Crippen LogP contribution in [0, 0.1) is 6.92 Å². The first-order valence-corrected chi connectivity index (χ1v) is 11.6. The van der Waals surface area contributed by atoms with Gasteiger partial charge in [-0.1, -0.05) is 38.1 Å². The van der Waals surface area contributed by atoms with Crippen molar-refractivity contribution in [2.75, 3.05) is 25.0 Å². The largest absolute Gasteiger partial charge is 0.508 e. The molecule has 1 aliphatic rings. The Morgan fingerprint density at radius 3 is 2.64 bits per heavy atom. The van der Waals surface area contributed by atoms with Gasteiger partial charge in [-0.3, -0.25) is 9.88 Å². The summed E-state index contributed by atoms with van der Waals surface area (Å²) in [6, 6.07) is 13.7. The highest BCUT2D eigenvalue weighted by atomic mass is 16.5. The van der Waals surface area contributed by atoms with E-state index in [4.69, 9.17) is 9.72 Å². The molecule has 0 radical (unpaired) electrons. The maximum absolute atomic E-state index is 12.9. The molecule has 0 bridgehead atoms. The summed E-state index contributed by atoms with van der Waals surface area (Å²) >= 11 is 0. The fourth-order valence-electron chi connectivity index (χ4n) is 4.45. The van der Waals surface area contributed by atoms with Crippen molar-refractivity contribution in [1.82, 2.24) is 9.88 Å². The molecule has 0 atom stereocenters. The molecule has 2 aromatic carbocycles. The van der Waals surface area contributed by atoms with E-state index in [1.54, 1.807) is 13.0 Å². The lowest BCUT2D eigenvalue weighted by atomic mass is 10.0. The first kappa shape index (κ1) is 22.8. The van der Waals surface area contributed by atoms with E-state index in [-0.39, 0.29) is 11.7 Å². The Morgan fingerprint density at radius 2 is 1.91 bits per heavy atom. The minimum Gasteiger partial charge on any atom is -0.508 e. The van der Waals surface area contributed by atoms with Crippen LogP contribution in [0.3, 0.4) is 0 Å². The number of ether oxygens (including phenoxy) is 1. The van der Waals surface area contributed by atoms with Crippen LogP contribution < -0.4 is 5.32 Å². The van der Waals surface area contributed by atoms with Gasteiger partial charge in [-0.15, -0.1) is 0 Å². The summed E-state index contributed by atoms with van der Waals surface area (Å²) in [4.78, 5) is 20.0. The first-order chi connectivity index (χ1) is 16.0. The van der Waals surface area contributed by atoms with Crippen molar-refractivity contribution >= 4 is 17.3 Å². The van der Waals surface area contributed by atoms with E-state index in [1.165, 1.54) is 5.56 Å². The Hall–Kier alpha value is -3.38. The fraction of sp³-hybridized carbons (Fsp3) is 0.333. The number of rotatable bonds is 8. The molecule has 172 valence electrons. The van der Waals surface area contributed by atoms with Gasteiger partial charge in [-0.05, 0) is 50.7 Å². The molecule has 0 spiro atoms. The minimum absolute atomic E-state index is 0.265. The normalized spacial score (nSPS) is 11.9. The second-order valence-electron chi connectivity index (χ2n) is 8.26. The molecular weight excluding hydrogens is 414 g/mol. The van der Waals surface area contributed by atoms with Crippen LogP contribution in [-0.2, 0) is 17.7 Å². The Morgan fingerprint density at radius 1 is 1.15 bits per heavy atom. The Bertz CT molecular complexity index is 1190. The van der Waals surface area contributed by atoms with Crippen molar-refractivity contribution in [3.63, 3.8) is 0 Å². The van der Waals surface area contributed by atoms with Gasteiger partial charge < -0.3 is 15.2 Å². The average molecular weight is 446 g/mol. The maximum atomic E-state index is 12.9. The second-order valence-corrected chi connectivity index (χ2v) is 8.26. The summed E-state index contributed by atoms with van der Waals surface area (Å²) in [7, 11) is 0. The molecule has 0 saturated carbocycles. The molecule has 1 aliphatic carbocycles. The standard InChI is InChI=1S/C27H31N3O3/c1-5-30(6-2)16-19-14-20(12-13-23(19)31)29-26-22-15-18-10-8-9-11-21(18)25(22)28-17(4)24(26)27(32)33-7-3/h8-14,31H,5-7,15-16H2,1-4H3,(H,28,29). The molecule has 1 heterocycles. The summed E-state index contributed by atoms with van der Waals surface area (Å²) in [6.45, 7) is 10.6. The summed E-state index contributed by atoms with van der Waals surface area (Å²) < 4.78 is 5.38. The van der Waals surface area contributed by atoms with Gasteiger partial charge in [0.1, 0.15) is 11.3 Å². The number of carbonyl (C=O) groups excluding carboxylic acids is 1. The molecule has 6 nitrogen and oxygen atoms in total. The summed E-state index contributed by atoms with van der Waals surface area (Å²) in [5.41, 5.74) is 7.65. The van der Waals surface area contributed by atoms with Gasteiger partial charge in [0.2, 0.25) is 0 Å². The number of pyridine rings is 1. The maximum Gasteiger partial charge on any atom is 0.342 e. The lowest BCUT2D eigenvalue weighted by Gasteiger charge is -2.21. The molecule has 0 amide bonds. The van der Waals surface area contributed by atoms with E-state index < -0.39 is 0 Å². The summed E-state index contributed by atoms with van der Waals surface area (Å²) in [5, 5.41) is 13.9. The van der Waals surface area contributed by atoms with Gasteiger partial charge in [-0.25, -0.2) is 4.79 Å². The van der Waals surface area contributed by atoms with Crippen LogP contribution in [0.25, 0.3) is 11.3 Å². The topological polar surface area (TPSA) is 74.7 Å². The smallest absolute Gasteiger partial charge is 0.342 e. The van der Waals surface area contributed by atoms with E-state index in [2.05, 4.69) is 36.2 Å². The minimum atomic E-state index is -0.383. The number of anilines is 2. The lowest BCUT2D eigenvalue weighted by molar-refractivity contribution is 0.0526. The second kappa shape index (κ2) is 9.63. The van der Waals surface area contributed by atoms with Crippen LogP contribution in [0.5, 0.6) is 5.75 Å². The average Bonchev–Trinajstić information content (AvgIpc) is 3.18. The van der Waals surface area contributed by atoms with Gasteiger partial charge in [0.25, 0.3) is 0 Å². The molecular formula is C27H31N3O3. The van der Waals surface area contributed by atoms with Crippen LogP contribution in [0.1, 0.15) is 53.5 Å². The molecule has 0 aliphatic heterocycles. The van der Waals surface area contributed by atoms with Crippen LogP contribution in [0.2, 0.25) is 0 Å². The molecule has 1 aromatic heterocycles. The van der Waals surface area contributed by atoms with Crippen LogP contribution >= 0.6 is 0 Å². The highest BCUT2D eigenvalue weighted by Gasteiger charge is 2.29. The highest BCUT2D eigenvalue weighted by Crippen LogP contribution is 2.42. The zero-order valence-corrected chi connectivity index (χ0v) is 19.7. The van der Waals surface area contributed by atoms with E-state index >= 15 is 0 Å². The van der Waals surface area contributed by atoms with Crippen LogP contribution in [-0.4, -0.2) is 40.7 Å². The number of phenolic OH excluding ortho intramolecular Hbond substituents is 1. The molecule has 2 N–H and O–H groups in total. The zero-order chi connectivity index (χ0) is 23.5. The predicted octanol–water partition coefficient (Wildman–Crippen LogP) is 5.43. The van der Waals surface area contributed by atoms with Gasteiger partial charge in [0.05, 0.1) is 23.7 Å². The highest BCUT2D eigenvalue weighted by molar-refractivity contribution is 6.00. The van der Waals surface area contributed by atoms with Crippen molar-refractivity contribution < 1.29 is 14.6 Å².